The number of fused-ring (bicyclic) bond motifs is 2. The molecule has 0 saturated heterocycles. The van der Waals surface area contributed by atoms with E-state index < -0.39 is 0 Å². The lowest BCUT2D eigenvalue weighted by Gasteiger charge is -2.10. The van der Waals surface area contributed by atoms with Crippen molar-refractivity contribution in [3.05, 3.63) is 79.3 Å². The molecule has 0 spiro atoms. The first-order valence-corrected chi connectivity index (χ1v) is 12.5. The Bertz CT molecular complexity index is 1530. The molecule has 0 saturated carbocycles. The highest BCUT2D eigenvalue weighted by molar-refractivity contribution is 7.98. The van der Waals surface area contributed by atoms with Crippen LogP contribution < -0.4 is 11.1 Å². The molecule has 0 amide bonds. The van der Waals surface area contributed by atoms with Crippen LogP contribution >= 0.6 is 34.4 Å². The summed E-state index contributed by atoms with van der Waals surface area (Å²) in [7, 11) is 0. The number of nitrogens with zero attached hydrogens (tertiary/aromatic N) is 4. The van der Waals surface area contributed by atoms with Crippen molar-refractivity contribution in [1.29, 1.82) is 0 Å². The van der Waals surface area contributed by atoms with Crippen molar-refractivity contribution >= 4 is 50.3 Å². The maximum Gasteiger partial charge on any atom is 0.263 e. The zero-order chi connectivity index (χ0) is 21.5. The molecule has 0 atom stereocenters. The van der Waals surface area contributed by atoms with Gasteiger partial charge in [-0.2, -0.15) is 0 Å². The Kier molecular flexibility index (Phi) is 5.25. The van der Waals surface area contributed by atoms with Gasteiger partial charge in [0.2, 0.25) is 0 Å². The highest BCUT2D eigenvalue weighted by atomic mass is 32.2. The highest BCUT2D eigenvalue weighted by Gasteiger charge is 2.17. The van der Waals surface area contributed by atoms with Crippen molar-refractivity contribution in [2.24, 2.45) is 0 Å². The molecule has 5 heterocycles. The van der Waals surface area contributed by atoms with Crippen LogP contribution in [0.2, 0.25) is 0 Å². The predicted octanol–water partition coefficient (Wildman–Crippen LogP) is 4.82. The van der Waals surface area contributed by atoms with Crippen LogP contribution in [0.25, 0.3) is 26.3 Å². The Balaban J connectivity index is 1.53. The maximum absolute atomic E-state index is 13.3. The highest BCUT2D eigenvalue weighted by Crippen LogP contribution is 2.34. The third kappa shape index (κ3) is 3.52. The molecule has 0 unspecified atom stereocenters. The Morgan fingerprint density at radius 2 is 1.97 bits per heavy atom. The van der Waals surface area contributed by atoms with Crippen LogP contribution in [0.15, 0.2) is 61.9 Å². The SMILES string of the molecule is CCn1c(SCc2cc(=O)n3c(C)cccc3n2)nc2scc(-c3cccs3)c2c1=O. The predicted molar refractivity (Wildman–Crippen MR) is 129 cm³/mol. The quantitative estimate of drug-likeness (QED) is 0.274. The Hall–Kier alpha value is -2.75. The van der Waals surface area contributed by atoms with Crippen molar-refractivity contribution in [1.82, 2.24) is 18.9 Å². The van der Waals surface area contributed by atoms with Gasteiger partial charge in [0.05, 0.1) is 11.1 Å². The molecule has 0 radical (unpaired) electrons. The fourth-order valence-corrected chi connectivity index (χ4v) is 6.34. The van der Waals surface area contributed by atoms with E-state index in [-0.39, 0.29) is 11.1 Å². The van der Waals surface area contributed by atoms with Gasteiger partial charge in [0.1, 0.15) is 10.5 Å². The van der Waals surface area contributed by atoms with Crippen LogP contribution in [0.1, 0.15) is 18.3 Å². The minimum atomic E-state index is -0.103. The van der Waals surface area contributed by atoms with Crippen molar-refractivity contribution in [3.8, 4) is 10.4 Å². The molecule has 0 aliphatic rings. The minimum absolute atomic E-state index is 0.0261. The van der Waals surface area contributed by atoms with Crippen molar-refractivity contribution in [2.45, 2.75) is 31.3 Å². The van der Waals surface area contributed by atoms with Crippen LogP contribution in [-0.4, -0.2) is 18.9 Å². The van der Waals surface area contributed by atoms with Crippen LogP contribution in [0.3, 0.4) is 0 Å². The lowest BCUT2D eigenvalue weighted by atomic mass is 10.2. The lowest BCUT2D eigenvalue weighted by Crippen LogP contribution is -2.22. The summed E-state index contributed by atoms with van der Waals surface area (Å²) in [4.78, 5) is 37.1. The van der Waals surface area contributed by atoms with Gasteiger partial charge in [-0.15, -0.1) is 22.7 Å². The van der Waals surface area contributed by atoms with E-state index >= 15 is 0 Å². The molecule has 0 bridgehead atoms. The average Bonchev–Trinajstić information content (AvgIpc) is 3.42. The number of thioether (sulfide) groups is 1. The average molecular weight is 467 g/mol. The number of pyridine rings is 1. The number of thiophene rings is 2. The standard InChI is InChI=1S/C22H18N4O2S3/c1-3-25-21(28)19-15(16-7-5-9-29-16)12-30-20(19)24-22(25)31-11-14-10-18(27)26-13(2)6-4-8-17(26)23-14/h4-10,12H,3,11H2,1-2H3. The van der Waals surface area contributed by atoms with Gasteiger partial charge in [-0.05, 0) is 37.4 Å². The summed E-state index contributed by atoms with van der Waals surface area (Å²) in [5.74, 6) is 0.459. The van der Waals surface area contributed by atoms with Gasteiger partial charge >= 0.3 is 0 Å². The zero-order valence-corrected chi connectivity index (χ0v) is 19.3. The summed E-state index contributed by atoms with van der Waals surface area (Å²) in [6.45, 7) is 4.35. The third-order valence-electron chi connectivity index (χ3n) is 5.04. The molecule has 0 fully saturated rings. The largest absolute Gasteiger partial charge is 0.287 e. The molecule has 9 heteroatoms. The van der Waals surface area contributed by atoms with Gasteiger partial charge in [0, 0.05) is 39.9 Å². The summed E-state index contributed by atoms with van der Waals surface area (Å²) < 4.78 is 3.30. The topological polar surface area (TPSA) is 69.3 Å². The van der Waals surface area contributed by atoms with Gasteiger partial charge in [-0.1, -0.05) is 23.9 Å². The second-order valence-corrected chi connectivity index (χ2v) is 9.73. The Morgan fingerprint density at radius 1 is 1.10 bits per heavy atom. The van der Waals surface area contributed by atoms with Crippen molar-refractivity contribution < 1.29 is 0 Å². The summed E-state index contributed by atoms with van der Waals surface area (Å²) in [5.41, 5.74) is 2.96. The molecular formula is C22H18N4O2S3. The molecule has 0 aromatic carbocycles. The molecule has 156 valence electrons. The molecule has 6 nitrogen and oxygen atoms in total. The van der Waals surface area contributed by atoms with E-state index in [1.807, 2.05) is 54.9 Å². The number of aryl methyl sites for hydroxylation is 1. The smallest absolute Gasteiger partial charge is 0.263 e. The number of aromatic nitrogens is 4. The normalized spacial score (nSPS) is 11.5. The third-order valence-corrected chi connectivity index (χ3v) is 7.83. The fraction of sp³-hybridized carbons (Fsp3) is 0.182. The zero-order valence-electron chi connectivity index (χ0n) is 16.9. The first-order valence-electron chi connectivity index (χ1n) is 9.74. The number of rotatable bonds is 5. The maximum atomic E-state index is 13.3. The second kappa shape index (κ2) is 8.07. The van der Waals surface area contributed by atoms with Crippen molar-refractivity contribution in [2.75, 3.05) is 0 Å². The summed E-state index contributed by atoms with van der Waals surface area (Å²) in [5, 5.41) is 5.34. The Morgan fingerprint density at radius 3 is 2.74 bits per heavy atom. The van der Waals surface area contributed by atoms with Gasteiger partial charge < -0.3 is 0 Å². The van der Waals surface area contributed by atoms with E-state index in [1.165, 1.54) is 23.1 Å². The van der Waals surface area contributed by atoms with E-state index in [9.17, 15) is 9.59 Å². The monoisotopic (exact) mass is 466 g/mol. The minimum Gasteiger partial charge on any atom is -0.287 e. The lowest BCUT2D eigenvalue weighted by molar-refractivity contribution is 0.635. The van der Waals surface area contributed by atoms with E-state index in [2.05, 4.69) is 4.98 Å². The van der Waals surface area contributed by atoms with E-state index in [4.69, 9.17) is 4.98 Å². The van der Waals surface area contributed by atoms with E-state index in [1.54, 1.807) is 26.4 Å². The van der Waals surface area contributed by atoms with Gasteiger partial charge in [0.15, 0.2) is 5.16 Å². The molecule has 5 rings (SSSR count). The van der Waals surface area contributed by atoms with Crippen LogP contribution in [0, 0.1) is 6.92 Å². The van der Waals surface area contributed by atoms with Crippen LogP contribution in [0.5, 0.6) is 0 Å². The fourth-order valence-electron chi connectivity index (χ4n) is 3.58. The summed E-state index contributed by atoms with van der Waals surface area (Å²) in [6.07, 6.45) is 0. The van der Waals surface area contributed by atoms with E-state index in [0.717, 1.165) is 21.0 Å². The first kappa shape index (κ1) is 20.2. The molecule has 0 aliphatic heterocycles. The summed E-state index contributed by atoms with van der Waals surface area (Å²) >= 11 is 4.54. The van der Waals surface area contributed by atoms with Crippen LogP contribution in [0.4, 0.5) is 0 Å². The van der Waals surface area contributed by atoms with E-state index in [0.29, 0.717) is 34.2 Å². The van der Waals surface area contributed by atoms with Crippen LogP contribution in [-0.2, 0) is 12.3 Å². The van der Waals surface area contributed by atoms with Gasteiger partial charge in [0.25, 0.3) is 11.1 Å². The van der Waals surface area contributed by atoms with Gasteiger partial charge in [-0.3, -0.25) is 18.6 Å². The van der Waals surface area contributed by atoms with Gasteiger partial charge in [-0.25, -0.2) is 9.97 Å². The first-order chi connectivity index (χ1) is 15.1. The van der Waals surface area contributed by atoms with Crippen molar-refractivity contribution in [3.63, 3.8) is 0 Å². The number of hydrogen-bond acceptors (Lipinski definition) is 7. The molecule has 31 heavy (non-hydrogen) atoms. The molecule has 0 aliphatic carbocycles. The number of hydrogen-bond donors (Lipinski definition) is 0. The molecular weight excluding hydrogens is 448 g/mol. The molecule has 5 aromatic rings. The summed E-state index contributed by atoms with van der Waals surface area (Å²) in [6, 6.07) is 11.2. The second-order valence-electron chi connectivity index (χ2n) is 6.99. The Labute approximate surface area is 189 Å². The molecule has 0 N–H and O–H groups in total. The molecule has 5 aromatic heterocycles.